The van der Waals surface area contributed by atoms with E-state index in [9.17, 15) is 30.6 Å². The number of nitrogens with two attached hydrogens (primary N) is 8. The van der Waals surface area contributed by atoms with E-state index in [0.29, 0.717) is 26.1 Å². The van der Waals surface area contributed by atoms with Crippen LogP contribution in [0.3, 0.4) is 0 Å². The molecule has 20 nitrogen and oxygen atoms in total. The first kappa shape index (κ1) is 47.9. The van der Waals surface area contributed by atoms with Gasteiger partial charge in [-0.2, -0.15) is 0 Å². The summed E-state index contributed by atoms with van der Waals surface area (Å²) in [4.78, 5) is 0. The molecule has 4 rings (SSSR count). The van der Waals surface area contributed by atoms with E-state index in [0.717, 1.165) is 64.2 Å². The smallest absolute Gasteiger partial charge is 0.176 e. The van der Waals surface area contributed by atoms with Crippen LogP contribution in [0.5, 0.6) is 0 Å². The van der Waals surface area contributed by atoms with E-state index in [1.54, 1.807) is 0 Å². The Morgan fingerprint density at radius 1 is 0.411 bits per heavy atom. The molecule has 0 unspecified atom stereocenters. The summed E-state index contributed by atoms with van der Waals surface area (Å²) in [5.74, 6) is 0. The molecule has 20 atom stereocenters. The molecule has 20 heteroatoms. The van der Waals surface area contributed by atoms with Gasteiger partial charge in [-0.3, -0.25) is 0 Å². The van der Waals surface area contributed by atoms with Gasteiger partial charge in [-0.25, -0.2) is 0 Å². The highest BCUT2D eigenvalue weighted by Crippen LogP contribution is 2.31. The van der Waals surface area contributed by atoms with Crippen molar-refractivity contribution in [2.45, 2.75) is 199 Å². The minimum Gasteiger partial charge on any atom is -0.389 e. The SMILES string of the molecule is NC[C@H]1O[C@H](O[C@H]2[C@H](OCCCCCCCCCCCCO[C@@H]3[C@@H](O)[C@H](N)C[C@H](N)[C@H]3O[C@H]3O[C@H](CN)[C@@H](O)[C@H](O)[C@H]3N)[C@@H](O)[C@H](N)C[C@@H]2N)[C@H](N)[C@@H](O)[C@@H]1O. The number of rotatable bonds is 21. The number of ether oxygens (including phenoxy) is 6. The van der Waals surface area contributed by atoms with E-state index in [4.69, 9.17) is 74.3 Å². The predicted octanol–water partition coefficient (Wildman–Crippen LogP) is -5.27. The lowest BCUT2D eigenvalue weighted by molar-refractivity contribution is -0.291. The van der Waals surface area contributed by atoms with Crippen LogP contribution in [0.2, 0.25) is 0 Å². The van der Waals surface area contributed by atoms with Gasteiger partial charge in [-0.15, -0.1) is 0 Å². The zero-order valence-electron chi connectivity index (χ0n) is 32.6. The van der Waals surface area contributed by atoms with Crippen LogP contribution in [-0.4, -0.2) is 179 Å². The minimum atomic E-state index is -1.31. The van der Waals surface area contributed by atoms with Crippen molar-refractivity contribution in [1.29, 1.82) is 0 Å². The van der Waals surface area contributed by atoms with E-state index >= 15 is 0 Å². The van der Waals surface area contributed by atoms with Crippen molar-refractivity contribution in [2.24, 2.45) is 45.9 Å². The summed E-state index contributed by atoms with van der Waals surface area (Å²) in [5, 5.41) is 62.9. The van der Waals surface area contributed by atoms with E-state index in [1.807, 2.05) is 0 Å². The Bertz CT molecular complexity index is 1030. The summed E-state index contributed by atoms with van der Waals surface area (Å²) in [6.45, 7) is 0.657. The van der Waals surface area contributed by atoms with Crippen molar-refractivity contribution in [3.05, 3.63) is 0 Å². The first-order chi connectivity index (χ1) is 26.7. The number of unbranched alkanes of at least 4 members (excludes halogenated alkanes) is 9. The molecule has 2 heterocycles. The van der Waals surface area contributed by atoms with Crippen LogP contribution in [-0.2, 0) is 28.4 Å². The molecule has 2 saturated heterocycles. The minimum absolute atomic E-state index is 0.0465. The molecule has 330 valence electrons. The molecule has 22 N–H and O–H groups in total. The van der Waals surface area contributed by atoms with Gasteiger partial charge in [0.15, 0.2) is 12.6 Å². The fraction of sp³-hybridized carbons (Fsp3) is 1.00. The van der Waals surface area contributed by atoms with Crippen molar-refractivity contribution in [1.82, 2.24) is 0 Å². The highest BCUT2D eigenvalue weighted by Gasteiger charge is 2.50. The normalized spacial score (nSPS) is 44.9. The van der Waals surface area contributed by atoms with Gasteiger partial charge in [-0.05, 0) is 25.7 Å². The third-order valence-corrected chi connectivity index (χ3v) is 11.8. The zero-order chi connectivity index (χ0) is 41.1. The predicted molar refractivity (Wildman–Crippen MR) is 204 cm³/mol. The largest absolute Gasteiger partial charge is 0.389 e. The van der Waals surface area contributed by atoms with Gasteiger partial charge >= 0.3 is 0 Å². The van der Waals surface area contributed by atoms with Gasteiger partial charge in [-0.1, -0.05) is 51.4 Å². The molecule has 0 bridgehead atoms. The highest BCUT2D eigenvalue weighted by atomic mass is 16.7. The van der Waals surface area contributed by atoms with Gasteiger partial charge in [0.25, 0.3) is 0 Å². The Hall–Kier alpha value is -0.800. The molecular formula is C36H74N8O12. The molecule has 2 aliphatic heterocycles. The Morgan fingerprint density at radius 3 is 1.05 bits per heavy atom. The maximum atomic E-state index is 10.9. The molecular weight excluding hydrogens is 736 g/mol. The molecule has 0 aromatic heterocycles. The number of aliphatic hydroxyl groups is 6. The Kier molecular flexibility index (Phi) is 19.9. The lowest BCUT2D eigenvalue weighted by Gasteiger charge is -2.46. The molecule has 0 amide bonds. The summed E-state index contributed by atoms with van der Waals surface area (Å²) in [6.07, 6.45) is -3.87. The first-order valence-electron chi connectivity index (χ1n) is 20.6. The van der Waals surface area contributed by atoms with Crippen LogP contribution >= 0.6 is 0 Å². The van der Waals surface area contributed by atoms with Crippen LogP contribution in [0.1, 0.15) is 77.0 Å². The average molecular weight is 811 g/mol. The molecule has 0 radical (unpaired) electrons. The number of aliphatic hydroxyl groups excluding tert-OH is 6. The topological polar surface area (TPSA) is 385 Å². The van der Waals surface area contributed by atoms with Crippen molar-refractivity contribution in [3.8, 4) is 0 Å². The standard InChI is InChI=1S/C36H74N8O12/c37-15-21-27(47)29(49)23(43)35(53-21)55-31-19(41)13-17(39)25(45)33(31)51-11-9-7-5-3-1-2-4-6-8-10-12-52-34-26(46)18(40)14-20(42)32(34)56-36-24(44)30(50)28(48)22(16-38)54-36/h17-36,45-50H,1-16,37-44H2/t17-,18-,19+,20+,21-,22-,23-,24-,25+,26+,27-,28-,29-,30-,31-,32-,33-,34-,35-,36-/m1/s1. The third kappa shape index (κ3) is 12.4. The van der Waals surface area contributed by atoms with Crippen LogP contribution in [0, 0.1) is 0 Å². The Morgan fingerprint density at radius 2 is 0.732 bits per heavy atom. The fourth-order valence-electron chi connectivity index (χ4n) is 8.19. The highest BCUT2D eigenvalue weighted by molar-refractivity contribution is 5.02. The van der Waals surface area contributed by atoms with Crippen LogP contribution in [0.25, 0.3) is 0 Å². The molecule has 56 heavy (non-hydrogen) atoms. The fourth-order valence-corrected chi connectivity index (χ4v) is 8.19. The summed E-state index contributed by atoms with van der Waals surface area (Å²) < 4.78 is 35.8. The maximum Gasteiger partial charge on any atom is 0.176 e. The Labute approximate surface area is 330 Å². The molecule has 2 aliphatic carbocycles. The summed E-state index contributed by atoms with van der Waals surface area (Å²) >= 11 is 0. The van der Waals surface area contributed by atoms with Crippen molar-refractivity contribution < 1.29 is 59.1 Å². The van der Waals surface area contributed by atoms with Gasteiger partial charge in [0.2, 0.25) is 0 Å². The van der Waals surface area contributed by atoms with E-state index in [2.05, 4.69) is 0 Å². The summed E-state index contributed by atoms with van der Waals surface area (Å²) in [5.41, 5.74) is 48.6. The maximum absolute atomic E-state index is 10.9. The molecule has 2 saturated carbocycles. The molecule has 0 aromatic carbocycles. The van der Waals surface area contributed by atoms with Crippen LogP contribution in [0.15, 0.2) is 0 Å². The second-order valence-electron chi connectivity index (χ2n) is 16.2. The molecule has 0 spiro atoms. The first-order valence-corrected chi connectivity index (χ1v) is 20.6. The summed E-state index contributed by atoms with van der Waals surface area (Å²) in [7, 11) is 0. The van der Waals surface area contributed by atoms with Gasteiger partial charge in [0, 0.05) is 50.5 Å². The monoisotopic (exact) mass is 811 g/mol. The quantitative estimate of drug-likeness (QED) is 0.0481. The third-order valence-electron chi connectivity index (χ3n) is 11.8. The average Bonchev–Trinajstić information content (AvgIpc) is 3.17. The van der Waals surface area contributed by atoms with Crippen molar-refractivity contribution >= 4 is 0 Å². The van der Waals surface area contributed by atoms with Gasteiger partial charge in [0.05, 0.1) is 24.3 Å². The number of hydrogen-bond acceptors (Lipinski definition) is 20. The summed E-state index contributed by atoms with van der Waals surface area (Å²) in [6, 6.07) is -4.44. The second-order valence-corrected chi connectivity index (χ2v) is 16.2. The van der Waals surface area contributed by atoms with E-state index < -0.39 is 122 Å². The zero-order valence-corrected chi connectivity index (χ0v) is 32.6. The van der Waals surface area contributed by atoms with Crippen molar-refractivity contribution in [2.75, 3.05) is 26.3 Å². The Balaban J connectivity index is 1.08. The van der Waals surface area contributed by atoms with Crippen LogP contribution < -0.4 is 45.9 Å². The molecule has 4 aliphatic rings. The van der Waals surface area contributed by atoms with E-state index in [-0.39, 0.29) is 13.1 Å². The van der Waals surface area contributed by atoms with Gasteiger partial charge < -0.3 is 105 Å². The van der Waals surface area contributed by atoms with Gasteiger partial charge in [0.1, 0.15) is 61.0 Å². The second kappa shape index (κ2) is 23.3. The lowest BCUT2D eigenvalue weighted by atomic mass is 9.84. The molecule has 0 aromatic rings. The van der Waals surface area contributed by atoms with E-state index in [1.165, 1.54) is 0 Å². The lowest BCUT2D eigenvalue weighted by Crippen LogP contribution is -2.67. The molecule has 4 fully saturated rings. The number of hydrogen-bond donors (Lipinski definition) is 14. The van der Waals surface area contributed by atoms with Crippen molar-refractivity contribution in [3.63, 3.8) is 0 Å². The van der Waals surface area contributed by atoms with Crippen LogP contribution in [0.4, 0.5) is 0 Å².